The standard InChI is InChI=1S/C6H7BBrNO3/c1-12-5-3-9-6(8)2-4(5)7(10)11/h2-3,10-11H,1H3. The molecule has 0 saturated carbocycles. The molecule has 0 radical (unpaired) electrons. The van der Waals surface area contributed by atoms with E-state index >= 15 is 0 Å². The lowest BCUT2D eigenvalue weighted by Gasteiger charge is -2.06. The van der Waals surface area contributed by atoms with E-state index in [9.17, 15) is 0 Å². The third kappa shape index (κ3) is 1.97. The maximum atomic E-state index is 8.89. The lowest BCUT2D eigenvalue weighted by Crippen LogP contribution is -2.31. The molecule has 2 N–H and O–H groups in total. The van der Waals surface area contributed by atoms with Crippen LogP contribution in [-0.4, -0.2) is 29.3 Å². The Morgan fingerprint density at radius 2 is 2.25 bits per heavy atom. The SMILES string of the molecule is COc1cnc(Br)cc1B(O)O. The highest BCUT2D eigenvalue weighted by Gasteiger charge is 2.17. The summed E-state index contributed by atoms with van der Waals surface area (Å²) in [6, 6.07) is 1.49. The summed E-state index contributed by atoms with van der Waals surface area (Å²) in [6.07, 6.45) is 1.42. The van der Waals surface area contributed by atoms with E-state index in [-0.39, 0.29) is 0 Å². The minimum atomic E-state index is -1.54. The highest BCUT2D eigenvalue weighted by molar-refractivity contribution is 9.10. The molecule has 6 heteroatoms. The van der Waals surface area contributed by atoms with Gasteiger partial charge in [0.05, 0.1) is 13.3 Å². The van der Waals surface area contributed by atoms with Gasteiger partial charge in [0, 0.05) is 5.46 Å². The number of halogens is 1. The van der Waals surface area contributed by atoms with Gasteiger partial charge in [-0.2, -0.15) is 0 Å². The van der Waals surface area contributed by atoms with Crippen molar-refractivity contribution in [3.8, 4) is 5.75 Å². The molecule has 1 aromatic heterocycles. The van der Waals surface area contributed by atoms with Crippen molar-refractivity contribution < 1.29 is 14.8 Å². The van der Waals surface area contributed by atoms with Crippen LogP contribution in [0.4, 0.5) is 0 Å². The Balaban J connectivity index is 3.12. The first-order valence-corrected chi connectivity index (χ1v) is 4.00. The number of hydrogen-bond acceptors (Lipinski definition) is 4. The van der Waals surface area contributed by atoms with Gasteiger partial charge in [0.1, 0.15) is 10.4 Å². The van der Waals surface area contributed by atoms with Crippen LogP contribution >= 0.6 is 15.9 Å². The summed E-state index contributed by atoms with van der Waals surface area (Å²) in [4.78, 5) is 3.86. The Kier molecular flexibility index (Phi) is 3.08. The summed E-state index contributed by atoms with van der Waals surface area (Å²) in [7, 11) is -0.101. The number of rotatable bonds is 2. The van der Waals surface area contributed by atoms with Crippen molar-refractivity contribution in [2.24, 2.45) is 0 Å². The summed E-state index contributed by atoms with van der Waals surface area (Å²) in [5.41, 5.74) is 0.291. The van der Waals surface area contributed by atoms with Crippen LogP contribution in [0, 0.1) is 0 Å². The van der Waals surface area contributed by atoms with E-state index in [4.69, 9.17) is 14.8 Å². The molecule has 0 saturated heterocycles. The molecule has 0 aliphatic heterocycles. The molecule has 0 aromatic carbocycles. The first kappa shape index (κ1) is 9.50. The normalized spacial score (nSPS) is 9.67. The maximum absolute atomic E-state index is 8.89. The van der Waals surface area contributed by atoms with Crippen LogP contribution < -0.4 is 10.2 Å². The van der Waals surface area contributed by atoms with Gasteiger partial charge in [-0.1, -0.05) is 0 Å². The Bertz CT molecular complexity index is 281. The molecule has 0 fully saturated rings. The van der Waals surface area contributed by atoms with Gasteiger partial charge in [0.2, 0.25) is 0 Å². The minimum absolute atomic E-state index is 0.291. The molecule has 0 spiro atoms. The van der Waals surface area contributed by atoms with Gasteiger partial charge >= 0.3 is 7.12 Å². The van der Waals surface area contributed by atoms with E-state index in [1.54, 1.807) is 0 Å². The third-order valence-electron chi connectivity index (χ3n) is 1.36. The van der Waals surface area contributed by atoms with Crippen molar-refractivity contribution >= 4 is 28.5 Å². The second kappa shape index (κ2) is 3.89. The molecule has 0 aliphatic rings. The van der Waals surface area contributed by atoms with E-state index < -0.39 is 7.12 Å². The van der Waals surface area contributed by atoms with Crippen LogP contribution in [0.3, 0.4) is 0 Å². The van der Waals surface area contributed by atoms with Crippen molar-refractivity contribution in [3.05, 3.63) is 16.9 Å². The van der Waals surface area contributed by atoms with Crippen molar-refractivity contribution in [2.45, 2.75) is 0 Å². The van der Waals surface area contributed by atoms with E-state index in [1.807, 2.05) is 0 Å². The van der Waals surface area contributed by atoms with E-state index in [1.165, 1.54) is 19.4 Å². The van der Waals surface area contributed by atoms with Gasteiger partial charge in [-0.15, -0.1) is 0 Å². The second-order valence-corrected chi connectivity index (χ2v) is 2.94. The van der Waals surface area contributed by atoms with Crippen molar-refractivity contribution in [2.75, 3.05) is 7.11 Å². The molecular formula is C6H7BBrNO3. The molecule has 0 atom stereocenters. The summed E-state index contributed by atoms with van der Waals surface area (Å²) in [5, 5.41) is 17.8. The van der Waals surface area contributed by atoms with Crippen LogP contribution in [-0.2, 0) is 0 Å². The zero-order chi connectivity index (χ0) is 9.14. The Hall–Kier alpha value is -0.585. The molecule has 0 bridgehead atoms. The van der Waals surface area contributed by atoms with Gasteiger partial charge in [0.25, 0.3) is 0 Å². The van der Waals surface area contributed by atoms with Gasteiger partial charge in [-0.3, -0.25) is 0 Å². The van der Waals surface area contributed by atoms with Crippen molar-refractivity contribution in [1.82, 2.24) is 4.98 Å². The van der Waals surface area contributed by atoms with Crippen LogP contribution in [0.25, 0.3) is 0 Å². The Labute approximate surface area is 78.5 Å². The lowest BCUT2D eigenvalue weighted by atomic mass is 9.80. The Morgan fingerprint density at radius 3 is 2.75 bits per heavy atom. The molecule has 12 heavy (non-hydrogen) atoms. The maximum Gasteiger partial charge on any atom is 0.492 e. The second-order valence-electron chi connectivity index (χ2n) is 2.12. The molecule has 64 valence electrons. The highest BCUT2D eigenvalue weighted by atomic mass is 79.9. The fourth-order valence-electron chi connectivity index (χ4n) is 0.804. The molecule has 1 aromatic rings. The summed E-state index contributed by atoms with van der Waals surface area (Å²) in [6.45, 7) is 0. The number of hydrogen-bond donors (Lipinski definition) is 2. The molecule has 0 aliphatic carbocycles. The van der Waals surface area contributed by atoms with Crippen molar-refractivity contribution in [3.63, 3.8) is 0 Å². The zero-order valence-electron chi connectivity index (χ0n) is 6.36. The fourth-order valence-corrected chi connectivity index (χ4v) is 1.15. The molecule has 0 unspecified atom stereocenters. The monoisotopic (exact) mass is 231 g/mol. The summed E-state index contributed by atoms with van der Waals surface area (Å²) >= 11 is 3.10. The minimum Gasteiger partial charge on any atom is -0.496 e. The predicted octanol–water partition coefficient (Wildman–Crippen LogP) is -0.468. The van der Waals surface area contributed by atoms with Gasteiger partial charge in [0.15, 0.2) is 0 Å². The molecule has 4 nitrogen and oxygen atoms in total. The molecular weight excluding hydrogens is 225 g/mol. The Morgan fingerprint density at radius 1 is 1.58 bits per heavy atom. The summed E-state index contributed by atoms with van der Waals surface area (Å²) < 4.78 is 5.39. The number of nitrogens with zero attached hydrogens (tertiary/aromatic N) is 1. The van der Waals surface area contributed by atoms with E-state index in [0.29, 0.717) is 15.8 Å². The largest absolute Gasteiger partial charge is 0.496 e. The quantitative estimate of drug-likeness (QED) is 0.534. The summed E-state index contributed by atoms with van der Waals surface area (Å²) in [5.74, 6) is 0.355. The van der Waals surface area contributed by atoms with Crippen LogP contribution in [0.1, 0.15) is 0 Å². The fraction of sp³-hybridized carbons (Fsp3) is 0.167. The average Bonchev–Trinajstić information content (AvgIpc) is 2.04. The number of methoxy groups -OCH3 is 1. The van der Waals surface area contributed by atoms with Crippen LogP contribution in [0.15, 0.2) is 16.9 Å². The van der Waals surface area contributed by atoms with Gasteiger partial charge in [-0.05, 0) is 22.0 Å². The smallest absolute Gasteiger partial charge is 0.492 e. The molecule has 1 heterocycles. The number of pyridine rings is 1. The topological polar surface area (TPSA) is 62.6 Å². The average molecular weight is 232 g/mol. The molecule has 0 amide bonds. The zero-order valence-corrected chi connectivity index (χ0v) is 7.95. The van der Waals surface area contributed by atoms with E-state index in [2.05, 4.69) is 20.9 Å². The third-order valence-corrected chi connectivity index (χ3v) is 1.80. The van der Waals surface area contributed by atoms with Gasteiger partial charge < -0.3 is 14.8 Å². The number of aromatic nitrogens is 1. The van der Waals surface area contributed by atoms with E-state index in [0.717, 1.165) is 0 Å². The lowest BCUT2D eigenvalue weighted by molar-refractivity contribution is 0.401. The first-order valence-electron chi connectivity index (χ1n) is 3.20. The van der Waals surface area contributed by atoms with Crippen LogP contribution in [0.2, 0.25) is 0 Å². The predicted molar refractivity (Wildman–Crippen MR) is 48.3 cm³/mol. The molecule has 1 rings (SSSR count). The van der Waals surface area contributed by atoms with Crippen LogP contribution in [0.5, 0.6) is 5.75 Å². The number of ether oxygens (including phenoxy) is 1. The highest BCUT2D eigenvalue weighted by Crippen LogP contribution is 2.10. The van der Waals surface area contributed by atoms with Gasteiger partial charge in [-0.25, -0.2) is 4.98 Å². The van der Waals surface area contributed by atoms with Crippen molar-refractivity contribution in [1.29, 1.82) is 0 Å². The first-order chi connectivity index (χ1) is 5.65.